The molecule has 0 aliphatic carbocycles. The van der Waals surface area contributed by atoms with Crippen LogP contribution in [0.3, 0.4) is 0 Å². The van der Waals surface area contributed by atoms with Crippen LogP contribution in [-0.2, 0) is 4.57 Å². The van der Waals surface area contributed by atoms with Crippen LogP contribution in [0, 0.1) is 5.82 Å². The first kappa shape index (κ1) is 17.6. The van der Waals surface area contributed by atoms with Crippen LogP contribution in [0.2, 0.25) is 0 Å². The number of benzene rings is 3. The number of hydrogen-bond acceptors (Lipinski definition) is 2. The predicted molar refractivity (Wildman–Crippen MR) is 107 cm³/mol. The van der Waals surface area contributed by atoms with Crippen molar-refractivity contribution >= 4 is 23.6 Å². The van der Waals surface area contributed by atoms with Crippen molar-refractivity contribution in [2.45, 2.75) is 13.0 Å². The molecule has 3 aromatic rings. The smallest absolute Gasteiger partial charge is 0.227 e. The lowest BCUT2D eigenvalue weighted by Gasteiger charge is -2.28. The Bertz CT molecular complexity index is 991. The van der Waals surface area contributed by atoms with E-state index >= 15 is 0 Å². The highest BCUT2D eigenvalue weighted by Crippen LogP contribution is 2.43. The molecule has 136 valence electrons. The summed E-state index contributed by atoms with van der Waals surface area (Å²) < 4.78 is 33.8. The van der Waals surface area contributed by atoms with Gasteiger partial charge in [0.05, 0.1) is 5.70 Å². The maximum absolute atomic E-state index is 14.2. The quantitative estimate of drug-likeness (QED) is 0.680. The first-order valence-corrected chi connectivity index (χ1v) is 10.4. The van der Waals surface area contributed by atoms with Gasteiger partial charge in [-0.15, -0.1) is 0 Å². The van der Waals surface area contributed by atoms with Gasteiger partial charge in [0.25, 0.3) is 0 Å². The molecule has 3 nitrogen and oxygen atoms in total. The summed E-state index contributed by atoms with van der Waals surface area (Å²) >= 11 is 0. The minimum Gasteiger partial charge on any atom is -0.486 e. The lowest BCUT2D eigenvalue weighted by molar-refractivity contribution is 0.264. The maximum atomic E-state index is 14.2. The summed E-state index contributed by atoms with van der Waals surface area (Å²) in [6.07, 6.45) is 1.62. The van der Waals surface area contributed by atoms with Crippen molar-refractivity contribution in [3.63, 3.8) is 0 Å². The summed E-state index contributed by atoms with van der Waals surface area (Å²) in [5, 5.41) is 4.63. The SMILES string of the molecule is C[C@@H]1C=C(NP(=O)(c2ccccc2)c2ccccc2)c2cc(F)ccc2O1. The molecule has 1 atom stereocenters. The molecule has 0 aromatic heterocycles. The lowest BCUT2D eigenvalue weighted by atomic mass is 10.1. The highest BCUT2D eigenvalue weighted by Gasteiger charge is 2.30. The predicted octanol–water partition coefficient (Wildman–Crippen LogP) is 4.47. The number of fused-ring (bicyclic) bond motifs is 1. The summed E-state index contributed by atoms with van der Waals surface area (Å²) in [5.74, 6) is 0.204. The Hall–Kier alpha value is -2.84. The standard InChI is InChI=1S/C22H19FNO2P/c1-16-14-21(20-15-17(23)12-13-22(20)26-16)24-27(25,18-8-4-2-5-9-18)19-10-6-3-7-11-19/h2-16H,1H3,(H,24,25)/t16-/m1/s1. The number of ether oxygens (including phenoxy) is 1. The molecule has 0 unspecified atom stereocenters. The zero-order chi connectivity index (χ0) is 18.9. The maximum Gasteiger partial charge on any atom is 0.227 e. The molecule has 5 heteroatoms. The van der Waals surface area contributed by atoms with Gasteiger partial charge < -0.3 is 9.82 Å². The van der Waals surface area contributed by atoms with Gasteiger partial charge in [0, 0.05) is 16.2 Å². The number of nitrogens with one attached hydrogen (secondary N) is 1. The first-order chi connectivity index (χ1) is 13.1. The van der Waals surface area contributed by atoms with E-state index in [1.165, 1.54) is 12.1 Å². The summed E-state index contributed by atoms with van der Waals surface area (Å²) in [5.41, 5.74) is 1.18. The Morgan fingerprint density at radius 1 is 0.926 bits per heavy atom. The summed E-state index contributed by atoms with van der Waals surface area (Å²) in [6, 6.07) is 23.0. The van der Waals surface area contributed by atoms with Crippen molar-refractivity contribution in [3.8, 4) is 5.75 Å². The average Bonchev–Trinajstić information content (AvgIpc) is 2.70. The molecule has 0 spiro atoms. The molecule has 0 saturated heterocycles. The van der Waals surface area contributed by atoms with Gasteiger partial charge in [0.2, 0.25) is 7.29 Å². The Kier molecular flexibility index (Phi) is 4.59. The molecule has 27 heavy (non-hydrogen) atoms. The third-order valence-electron chi connectivity index (χ3n) is 4.46. The van der Waals surface area contributed by atoms with Crippen LogP contribution in [0.4, 0.5) is 4.39 Å². The van der Waals surface area contributed by atoms with Gasteiger partial charge in [0.1, 0.15) is 17.7 Å². The number of rotatable bonds is 4. The van der Waals surface area contributed by atoms with Gasteiger partial charge >= 0.3 is 0 Å². The molecule has 0 saturated carbocycles. The zero-order valence-electron chi connectivity index (χ0n) is 14.8. The number of hydrogen-bond donors (Lipinski definition) is 1. The zero-order valence-corrected chi connectivity index (χ0v) is 15.7. The molecule has 3 aromatic carbocycles. The summed E-state index contributed by atoms with van der Waals surface area (Å²) in [4.78, 5) is 0. The van der Waals surface area contributed by atoms with E-state index in [0.29, 0.717) is 27.6 Å². The third-order valence-corrected chi connectivity index (χ3v) is 7.07. The summed E-state index contributed by atoms with van der Waals surface area (Å²) in [7, 11) is -3.19. The summed E-state index contributed by atoms with van der Waals surface area (Å²) in [6.45, 7) is 1.89. The molecule has 0 bridgehead atoms. The molecule has 1 aliphatic rings. The van der Waals surface area contributed by atoms with E-state index in [9.17, 15) is 8.96 Å². The highest BCUT2D eigenvalue weighted by atomic mass is 31.2. The molecule has 0 radical (unpaired) electrons. The fraction of sp³-hybridized carbons (Fsp3) is 0.0909. The molecule has 0 fully saturated rings. The second kappa shape index (κ2) is 7.05. The normalized spacial score (nSPS) is 16.1. The topological polar surface area (TPSA) is 38.3 Å². The number of halogens is 1. The van der Waals surface area contributed by atoms with E-state index in [4.69, 9.17) is 4.74 Å². The Balaban J connectivity index is 1.84. The van der Waals surface area contributed by atoms with Gasteiger partial charge in [-0.2, -0.15) is 0 Å². The van der Waals surface area contributed by atoms with Crippen LogP contribution < -0.4 is 20.4 Å². The molecular formula is C22H19FNO2P. The van der Waals surface area contributed by atoms with Crippen molar-refractivity contribution in [2.24, 2.45) is 0 Å². The highest BCUT2D eigenvalue weighted by molar-refractivity contribution is 7.77. The van der Waals surface area contributed by atoms with Crippen LogP contribution in [0.5, 0.6) is 5.75 Å². The van der Waals surface area contributed by atoms with Crippen LogP contribution in [0.15, 0.2) is 84.9 Å². The fourth-order valence-corrected chi connectivity index (χ4v) is 5.47. The third kappa shape index (κ3) is 3.41. The van der Waals surface area contributed by atoms with Crippen LogP contribution >= 0.6 is 7.29 Å². The van der Waals surface area contributed by atoms with Crippen LogP contribution in [0.25, 0.3) is 5.70 Å². The van der Waals surface area contributed by atoms with Gasteiger partial charge in [-0.05, 0) is 55.5 Å². The molecule has 1 aliphatic heterocycles. The Morgan fingerprint density at radius 3 is 2.11 bits per heavy atom. The minimum atomic E-state index is -3.19. The first-order valence-electron chi connectivity index (χ1n) is 8.74. The fourth-order valence-electron chi connectivity index (χ4n) is 3.20. The second-order valence-corrected chi connectivity index (χ2v) is 8.91. The van der Waals surface area contributed by atoms with E-state index < -0.39 is 7.29 Å². The van der Waals surface area contributed by atoms with Crippen molar-refractivity contribution in [1.29, 1.82) is 0 Å². The van der Waals surface area contributed by atoms with Gasteiger partial charge in [-0.3, -0.25) is 4.57 Å². The van der Waals surface area contributed by atoms with Crippen molar-refractivity contribution in [1.82, 2.24) is 5.09 Å². The van der Waals surface area contributed by atoms with E-state index in [1.807, 2.05) is 73.7 Å². The van der Waals surface area contributed by atoms with Crippen molar-refractivity contribution in [2.75, 3.05) is 0 Å². The lowest BCUT2D eigenvalue weighted by Crippen LogP contribution is -2.29. The second-order valence-electron chi connectivity index (χ2n) is 6.44. The minimum absolute atomic E-state index is 0.217. The Morgan fingerprint density at radius 2 is 1.52 bits per heavy atom. The average molecular weight is 379 g/mol. The van der Waals surface area contributed by atoms with E-state index in [-0.39, 0.29) is 11.9 Å². The van der Waals surface area contributed by atoms with Crippen LogP contribution in [0.1, 0.15) is 12.5 Å². The largest absolute Gasteiger partial charge is 0.486 e. The van der Waals surface area contributed by atoms with Crippen LogP contribution in [-0.4, -0.2) is 6.10 Å². The molecule has 1 heterocycles. The van der Waals surface area contributed by atoms with E-state index in [1.54, 1.807) is 6.07 Å². The van der Waals surface area contributed by atoms with Gasteiger partial charge in [0.15, 0.2) is 0 Å². The molecular weight excluding hydrogens is 360 g/mol. The molecule has 0 amide bonds. The molecule has 1 N–H and O–H groups in total. The van der Waals surface area contributed by atoms with Gasteiger partial charge in [-0.25, -0.2) is 4.39 Å². The van der Waals surface area contributed by atoms with E-state index in [2.05, 4.69) is 5.09 Å². The van der Waals surface area contributed by atoms with Crippen molar-refractivity contribution in [3.05, 3.63) is 96.3 Å². The Labute approximate surface area is 157 Å². The van der Waals surface area contributed by atoms with Crippen molar-refractivity contribution < 1.29 is 13.7 Å². The monoisotopic (exact) mass is 379 g/mol. The van der Waals surface area contributed by atoms with Gasteiger partial charge in [-0.1, -0.05) is 36.4 Å². The van der Waals surface area contributed by atoms with E-state index in [0.717, 1.165) is 0 Å². The molecule has 4 rings (SSSR count).